The number of aliphatic carboxylic acids is 1. The molecule has 7 heteroatoms. The van der Waals surface area contributed by atoms with Crippen LogP contribution >= 0.6 is 11.3 Å². The maximum atomic E-state index is 12.4. The van der Waals surface area contributed by atoms with Gasteiger partial charge in [-0.1, -0.05) is 11.2 Å². The molecule has 0 bridgehead atoms. The Bertz CT molecular complexity index is 650. The zero-order valence-corrected chi connectivity index (χ0v) is 12.0. The summed E-state index contributed by atoms with van der Waals surface area (Å²) in [6, 6.07) is 5.39. The SMILES string of the molecule is O=C(O)C1CCCN(C(=O)c2cc(-c3cccs3)on2)C1. The highest BCUT2D eigenvalue weighted by Gasteiger charge is 2.30. The average molecular weight is 306 g/mol. The molecule has 110 valence electrons. The van der Waals surface area contributed by atoms with Crippen LogP contribution in [0.2, 0.25) is 0 Å². The first-order valence-corrected chi connectivity index (χ1v) is 7.56. The second-order valence-corrected chi connectivity index (χ2v) is 5.93. The number of carbonyl (C=O) groups excluding carboxylic acids is 1. The van der Waals surface area contributed by atoms with E-state index in [1.165, 1.54) is 11.3 Å². The summed E-state index contributed by atoms with van der Waals surface area (Å²) in [6.45, 7) is 0.791. The van der Waals surface area contributed by atoms with E-state index in [1.54, 1.807) is 11.0 Å². The first kappa shape index (κ1) is 13.8. The summed E-state index contributed by atoms with van der Waals surface area (Å²) in [5, 5.41) is 14.8. The summed E-state index contributed by atoms with van der Waals surface area (Å²) in [5.41, 5.74) is 0.226. The summed E-state index contributed by atoms with van der Waals surface area (Å²) in [5.74, 6) is -1.06. The fourth-order valence-electron chi connectivity index (χ4n) is 2.44. The van der Waals surface area contributed by atoms with E-state index in [-0.39, 0.29) is 18.1 Å². The summed E-state index contributed by atoms with van der Waals surface area (Å²) in [7, 11) is 0. The topological polar surface area (TPSA) is 83.6 Å². The van der Waals surface area contributed by atoms with Gasteiger partial charge >= 0.3 is 5.97 Å². The maximum Gasteiger partial charge on any atom is 0.308 e. The standard InChI is InChI=1S/C14H14N2O4S/c17-13(16-5-1-3-9(8-16)14(18)19)10-7-11(20-15-10)12-4-2-6-21-12/h2,4,6-7,9H,1,3,5,8H2,(H,18,19). The number of carboxylic acids is 1. The summed E-state index contributed by atoms with van der Waals surface area (Å²) >= 11 is 1.50. The van der Waals surface area contributed by atoms with E-state index in [4.69, 9.17) is 9.63 Å². The largest absolute Gasteiger partial charge is 0.481 e. The molecule has 6 nitrogen and oxygen atoms in total. The van der Waals surface area contributed by atoms with Crippen molar-refractivity contribution in [3.8, 4) is 10.6 Å². The predicted octanol–water partition coefficient (Wildman–Crippen LogP) is 2.34. The van der Waals surface area contributed by atoms with E-state index in [2.05, 4.69) is 5.16 Å². The van der Waals surface area contributed by atoms with Gasteiger partial charge in [-0.2, -0.15) is 0 Å². The molecular weight excluding hydrogens is 292 g/mol. The molecule has 0 aliphatic carbocycles. The van der Waals surface area contributed by atoms with E-state index in [0.29, 0.717) is 25.1 Å². The van der Waals surface area contributed by atoms with Crippen molar-refractivity contribution in [1.82, 2.24) is 10.1 Å². The number of hydrogen-bond acceptors (Lipinski definition) is 5. The van der Waals surface area contributed by atoms with Crippen molar-refractivity contribution in [2.45, 2.75) is 12.8 Å². The third-order valence-electron chi connectivity index (χ3n) is 3.55. The minimum absolute atomic E-state index is 0.226. The molecule has 0 radical (unpaired) electrons. The zero-order valence-electron chi connectivity index (χ0n) is 11.2. The Kier molecular flexibility index (Phi) is 3.74. The zero-order chi connectivity index (χ0) is 14.8. The third kappa shape index (κ3) is 2.82. The van der Waals surface area contributed by atoms with Gasteiger partial charge in [-0.25, -0.2) is 0 Å². The van der Waals surface area contributed by atoms with Crippen LogP contribution in [-0.2, 0) is 4.79 Å². The van der Waals surface area contributed by atoms with E-state index in [0.717, 1.165) is 4.88 Å². The molecule has 3 rings (SSSR count). The second-order valence-electron chi connectivity index (χ2n) is 4.98. The van der Waals surface area contributed by atoms with Crippen LogP contribution in [0.15, 0.2) is 28.1 Å². The van der Waals surface area contributed by atoms with E-state index >= 15 is 0 Å². The molecule has 1 N–H and O–H groups in total. The monoisotopic (exact) mass is 306 g/mol. The van der Waals surface area contributed by atoms with Gasteiger partial charge in [0.25, 0.3) is 5.91 Å². The van der Waals surface area contributed by atoms with Crippen molar-refractivity contribution in [3.05, 3.63) is 29.3 Å². The van der Waals surface area contributed by atoms with Crippen LogP contribution in [0, 0.1) is 5.92 Å². The Morgan fingerprint density at radius 1 is 1.48 bits per heavy atom. The molecule has 2 aromatic heterocycles. The minimum atomic E-state index is -0.855. The number of hydrogen-bond donors (Lipinski definition) is 1. The summed E-state index contributed by atoms with van der Waals surface area (Å²) in [6.07, 6.45) is 1.30. The predicted molar refractivity (Wildman–Crippen MR) is 76.1 cm³/mol. The Balaban J connectivity index is 1.74. The van der Waals surface area contributed by atoms with E-state index in [9.17, 15) is 9.59 Å². The molecule has 2 aromatic rings. The van der Waals surface area contributed by atoms with Gasteiger partial charge in [-0.15, -0.1) is 11.3 Å². The molecule has 1 aliphatic heterocycles. The average Bonchev–Trinajstić information content (AvgIpc) is 3.17. The lowest BCUT2D eigenvalue weighted by atomic mass is 9.98. The number of thiophene rings is 1. The lowest BCUT2D eigenvalue weighted by molar-refractivity contribution is -0.143. The Labute approximate surface area is 125 Å². The van der Waals surface area contributed by atoms with Crippen LogP contribution < -0.4 is 0 Å². The molecule has 3 heterocycles. The Morgan fingerprint density at radius 3 is 3.05 bits per heavy atom. The van der Waals surface area contributed by atoms with Gasteiger partial charge in [0.2, 0.25) is 0 Å². The number of carboxylic acid groups (broad SMARTS) is 1. The molecule has 0 saturated carbocycles. The minimum Gasteiger partial charge on any atom is -0.481 e. The highest BCUT2D eigenvalue weighted by Crippen LogP contribution is 2.26. The molecule has 1 amide bonds. The van der Waals surface area contributed by atoms with Crippen molar-refractivity contribution in [3.63, 3.8) is 0 Å². The molecule has 0 spiro atoms. The smallest absolute Gasteiger partial charge is 0.308 e. The third-order valence-corrected chi connectivity index (χ3v) is 4.44. The van der Waals surface area contributed by atoms with Gasteiger partial charge in [0.1, 0.15) is 0 Å². The maximum absolute atomic E-state index is 12.4. The van der Waals surface area contributed by atoms with Crippen LogP contribution in [0.25, 0.3) is 10.6 Å². The van der Waals surface area contributed by atoms with Gasteiger partial charge in [0, 0.05) is 19.2 Å². The van der Waals surface area contributed by atoms with Crippen molar-refractivity contribution in [2.75, 3.05) is 13.1 Å². The van der Waals surface area contributed by atoms with Gasteiger partial charge in [-0.3, -0.25) is 9.59 Å². The lowest BCUT2D eigenvalue weighted by Gasteiger charge is -2.29. The van der Waals surface area contributed by atoms with Crippen molar-refractivity contribution in [1.29, 1.82) is 0 Å². The van der Waals surface area contributed by atoms with Crippen molar-refractivity contribution in [2.24, 2.45) is 5.92 Å². The molecule has 1 fully saturated rings. The lowest BCUT2D eigenvalue weighted by Crippen LogP contribution is -2.42. The normalized spacial score (nSPS) is 18.7. The van der Waals surface area contributed by atoms with E-state index < -0.39 is 11.9 Å². The highest BCUT2D eigenvalue weighted by molar-refractivity contribution is 7.13. The van der Waals surface area contributed by atoms with E-state index in [1.807, 2.05) is 17.5 Å². The molecule has 0 aromatic carbocycles. The molecule has 1 unspecified atom stereocenters. The second kappa shape index (κ2) is 5.69. The molecular formula is C14H14N2O4S. The number of rotatable bonds is 3. The fraction of sp³-hybridized carbons (Fsp3) is 0.357. The Hall–Kier alpha value is -2.15. The van der Waals surface area contributed by atoms with Crippen LogP contribution in [0.5, 0.6) is 0 Å². The number of piperidine rings is 1. The molecule has 21 heavy (non-hydrogen) atoms. The first-order valence-electron chi connectivity index (χ1n) is 6.68. The highest BCUT2D eigenvalue weighted by atomic mass is 32.1. The molecule has 1 saturated heterocycles. The summed E-state index contributed by atoms with van der Waals surface area (Å²) < 4.78 is 5.19. The van der Waals surface area contributed by atoms with Gasteiger partial charge in [0.05, 0.1) is 10.8 Å². The van der Waals surface area contributed by atoms with Crippen LogP contribution in [-0.4, -0.2) is 40.1 Å². The van der Waals surface area contributed by atoms with Crippen molar-refractivity contribution >= 4 is 23.2 Å². The number of amides is 1. The number of aromatic nitrogens is 1. The van der Waals surface area contributed by atoms with Crippen molar-refractivity contribution < 1.29 is 19.2 Å². The number of carbonyl (C=O) groups is 2. The number of nitrogens with zero attached hydrogens (tertiary/aromatic N) is 2. The molecule has 1 aliphatic rings. The molecule has 1 atom stereocenters. The van der Waals surface area contributed by atoms with Crippen LogP contribution in [0.1, 0.15) is 23.3 Å². The quantitative estimate of drug-likeness (QED) is 0.941. The van der Waals surface area contributed by atoms with Gasteiger partial charge in [0.15, 0.2) is 11.5 Å². The van der Waals surface area contributed by atoms with Crippen LogP contribution in [0.4, 0.5) is 0 Å². The summed E-state index contributed by atoms with van der Waals surface area (Å²) in [4.78, 5) is 25.9. The van der Waals surface area contributed by atoms with Gasteiger partial charge < -0.3 is 14.5 Å². The Morgan fingerprint density at radius 2 is 2.33 bits per heavy atom. The van der Waals surface area contributed by atoms with Gasteiger partial charge in [-0.05, 0) is 24.3 Å². The number of likely N-dealkylation sites (tertiary alicyclic amines) is 1. The first-order chi connectivity index (χ1) is 10.1. The fourth-order valence-corrected chi connectivity index (χ4v) is 3.11. The van der Waals surface area contributed by atoms with Crippen LogP contribution in [0.3, 0.4) is 0 Å².